The summed E-state index contributed by atoms with van der Waals surface area (Å²) in [6.07, 6.45) is 3.26. The van der Waals surface area contributed by atoms with Gasteiger partial charge in [-0.1, -0.05) is 74.0 Å². The first-order valence-corrected chi connectivity index (χ1v) is 6.28. The highest BCUT2D eigenvalue weighted by Crippen LogP contribution is 2.25. The van der Waals surface area contributed by atoms with E-state index in [1.807, 2.05) is 0 Å². The second-order valence-electron chi connectivity index (χ2n) is 4.44. The maximum Gasteiger partial charge on any atom is -0.0121 e. The van der Waals surface area contributed by atoms with Gasteiger partial charge in [0.2, 0.25) is 0 Å². The van der Waals surface area contributed by atoms with Gasteiger partial charge in [-0.2, -0.15) is 0 Å². The molecule has 0 spiro atoms. The topological polar surface area (TPSA) is 0 Å². The highest BCUT2D eigenvalue weighted by Gasteiger charge is 2.10. The predicted molar refractivity (Wildman–Crippen MR) is 73.9 cm³/mol. The van der Waals surface area contributed by atoms with Crippen LogP contribution in [0.3, 0.4) is 0 Å². The first-order valence-electron chi connectivity index (χ1n) is 6.28. The summed E-state index contributed by atoms with van der Waals surface area (Å²) in [5.74, 6) is 0.594. The molecule has 2 aromatic rings. The van der Waals surface area contributed by atoms with Crippen molar-refractivity contribution in [3.05, 3.63) is 78.7 Å². The zero-order valence-electron chi connectivity index (χ0n) is 10.2. The number of rotatable bonds is 5. The molecule has 2 aromatic carbocycles. The molecule has 0 heteroatoms. The van der Waals surface area contributed by atoms with Crippen LogP contribution in [-0.2, 0) is 6.42 Å². The SMILES string of the molecule is [CH2]CCC(Cc1ccccc1)c1ccccc1. The Morgan fingerprint density at radius 2 is 1.41 bits per heavy atom. The normalized spacial score (nSPS) is 12.3. The van der Waals surface area contributed by atoms with Crippen molar-refractivity contribution in [2.45, 2.75) is 25.2 Å². The molecule has 0 aliphatic carbocycles. The Morgan fingerprint density at radius 1 is 0.824 bits per heavy atom. The second kappa shape index (κ2) is 6.24. The van der Waals surface area contributed by atoms with Crippen molar-refractivity contribution in [2.75, 3.05) is 0 Å². The Kier molecular flexibility index (Phi) is 4.37. The van der Waals surface area contributed by atoms with Gasteiger partial charge in [-0.3, -0.25) is 0 Å². The summed E-state index contributed by atoms with van der Waals surface area (Å²) in [6.45, 7) is 3.99. The van der Waals surface area contributed by atoms with Crippen LogP contribution in [0.4, 0.5) is 0 Å². The molecule has 0 N–H and O–H groups in total. The molecule has 0 nitrogen and oxygen atoms in total. The third-order valence-corrected chi connectivity index (χ3v) is 3.15. The molecule has 0 heterocycles. The van der Waals surface area contributed by atoms with Crippen LogP contribution in [0.5, 0.6) is 0 Å². The summed E-state index contributed by atoms with van der Waals surface area (Å²) in [6, 6.07) is 21.5. The Hall–Kier alpha value is -1.56. The summed E-state index contributed by atoms with van der Waals surface area (Å²) in [7, 11) is 0. The van der Waals surface area contributed by atoms with Gasteiger partial charge in [-0.05, 0) is 29.9 Å². The van der Waals surface area contributed by atoms with E-state index in [9.17, 15) is 0 Å². The van der Waals surface area contributed by atoms with E-state index in [0.717, 1.165) is 19.3 Å². The Labute approximate surface area is 104 Å². The summed E-state index contributed by atoms with van der Waals surface area (Å²) in [4.78, 5) is 0. The van der Waals surface area contributed by atoms with E-state index in [0.29, 0.717) is 5.92 Å². The summed E-state index contributed by atoms with van der Waals surface area (Å²) >= 11 is 0. The number of hydrogen-bond donors (Lipinski definition) is 0. The Morgan fingerprint density at radius 3 is 2.00 bits per heavy atom. The molecule has 2 rings (SSSR count). The van der Waals surface area contributed by atoms with Gasteiger partial charge in [0.1, 0.15) is 0 Å². The van der Waals surface area contributed by atoms with Gasteiger partial charge in [-0.25, -0.2) is 0 Å². The monoisotopic (exact) mass is 223 g/mol. The van der Waals surface area contributed by atoms with E-state index < -0.39 is 0 Å². The molecule has 0 aromatic heterocycles. The second-order valence-corrected chi connectivity index (χ2v) is 4.44. The minimum atomic E-state index is 0.594. The highest BCUT2D eigenvalue weighted by atomic mass is 14.1. The molecule has 0 bridgehead atoms. The molecule has 0 saturated heterocycles. The molecule has 1 atom stereocenters. The number of benzene rings is 2. The van der Waals surface area contributed by atoms with Crippen LogP contribution in [-0.4, -0.2) is 0 Å². The van der Waals surface area contributed by atoms with Gasteiger partial charge in [0.25, 0.3) is 0 Å². The van der Waals surface area contributed by atoms with Crippen molar-refractivity contribution in [3.8, 4) is 0 Å². The van der Waals surface area contributed by atoms with Crippen LogP contribution in [0.2, 0.25) is 0 Å². The van der Waals surface area contributed by atoms with E-state index >= 15 is 0 Å². The average Bonchev–Trinajstić information content (AvgIpc) is 2.40. The minimum Gasteiger partial charge on any atom is -0.0622 e. The molecule has 87 valence electrons. The Bertz CT molecular complexity index is 416. The fraction of sp³-hybridized carbons (Fsp3) is 0.235. The van der Waals surface area contributed by atoms with Gasteiger partial charge in [0.15, 0.2) is 0 Å². The first-order chi connectivity index (χ1) is 8.40. The van der Waals surface area contributed by atoms with Gasteiger partial charge in [0.05, 0.1) is 0 Å². The fourth-order valence-corrected chi connectivity index (χ4v) is 2.26. The van der Waals surface area contributed by atoms with Gasteiger partial charge in [0, 0.05) is 0 Å². The van der Waals surface area contributed by atoms with Crippen molar-refractivity contribution < 1.29 is 0 Å². The minimum absolute atomic E-state index is 0.594. The molecule has 17 heavy (non-hydrogen) atoms. The summed E-state index contributed by atoms with van der Waals surface area (Å²) in [5, 5.41) is 0. The maximum atomic E-state index is 3.99. The van der Waals surface area contributed by atoms with Crippen molar-refractivity contribution in [1.29, 1.82) is 0 Å². The first kappa shape index (κ1) is 11.9. The molecular weight excluding hydrogens is 204 g/mol. The molecule has 0 aliphatic heterocycles. The fourth-order valence-electron chi connectivity index (χ4n) is 2.26. The molecule has 0 saturated carbocycles. The molecule has 0 amide bonds. The largest absolute Gasteiger partial charge is 0.0622 e. The van der Waals surface area contributed by atoms with Gasteiger partial charge >= 0.3 is 0 Å². The molecule has 1 unspecified atom stereocenters. The van der Waals surface area contributed by atoms with Crippen molar-refractivity contribution in [2.24, 2.45) is 0 Å². The van der Waals surface area contributed by atoms with Crippen LogP contribution in [0, 0.1) is 6.92 Å². The van der Waals surface area contributed by atoms with Crippen LogP contribution < -0.4 is 0 Å². The molecule has 1 radical (unpaired) electrons. The van der Waals surface area contributed by atoms with Crippen LogP contribution in [0.1, 0.15) is 29.9 Å². The van der Waals surface area contributed by atoms with Crippen molar-refractivity contribution in [3.63, 3.8) is 0 Å². The predicted octanol–water partition coefficient (Wildman–Crippen LogP) is 4.63. The third-order valence-electron chi connectivity index (χ3n) is 3.15. The number of hydrogen-bond acceptors (Lipinski definition) is 0. The van der Waals surface area contributed by atoms with Gasteiger partial charge in [-0.15, -0.1) is 0 Å². The van der Waals surface area contributed by atoms with E-state index in [4.69, 9.17) is 0 Å². The standard InChI is InChI=1S/C17H19/c1-2-9-17(16-12-7-4-8-13-16)14-15-10-5-3-6-11-15/h3-8,10-13,17H,1-2,9,14H2. The van der Waals surface area contributed by atoms with Crippen molar-refractivity contribution in [1.82, 2.24) is 0 Å². The zero-order chi connectivity index (χ0) is 11.9. The van der Waals surface area contributed by atoms with Crippen LogP contribution in [0.25, 0.3) is 0 Å². The van der Waals surface area contributed by atoms with Crippen LogP contribution >= 0.6 is 0 Å². The zero-order valence-corrected chi connectivity index (χ0v) is 10.2. The highest BCUT2D eigenvalue weighted by molar-refractivity contribution is 5.24. The molecular formula is C17H19. The van der Waals surface area contributed by atoms with Crippen molar-refractivity contribution >= 4 is 0 Å². The smallest absolute Gasteiger partial charge is 0.0121 e. The lowest BCUT2D eigenvalue weighted by Crippen LogP contribution is -2.02. The summed E-state index contributed by atoms with van der Waals surface area (Å²) < 4.78 is 0. The summed E-state index contributed by atoms with van der Waals surface area (Å²) in [5.41, 5.74) is 2.84. The van der Waals surface area contributed by atoms with E-state index in [2.05, 4.69) is 67.6 Å². The lowest BCUT2D eigenvalue weighted by molar-refractivity contribution is 0.628. The Balaban J connectivity index is 2.13. The van der Waals surface area contributed by atoms with E-state index in [-0.39, 0.29) is 0 Å². The van der Waals surface area contributed by atoms with E-state index in [1.54, 1.807) is 0 Å². The maximum absolute atomic E-state index is 3.99. The van der Waals surface area contributed by atoms with Crippen LogP contribution in [0.15, 0.2) is 60.7 Å². The molecule has 0 fully saturated rings. The third kappa shape index (κ3) is 3.45. The quantitative estimate of drug-likeness (QED) is 0.693. The van der Waals surface area contributed by atoms with E-state index in [1.165, 1.54) is 11.1 Å². The lowest BCUT2D eigenvalue weighted by Gasteiger charge is -2.16. The lowest BCUT2D eigenvalue weighted by atomic mass is 9.88. The average molecular weight is 223 g/mol. The molecule has 0 aliphatic rings. The van der Waals surface area contributed by atoms with Gasteiger partial charge < -0.3 is 0 Å².